The molecule has 1 unspecified atom stereocenters. The van der Waals surface area contributed by atoms with Crippen molar-refractivity contribution < 1.29 is 28.6 Å². The van der Waals surface area contributed by atoms with Gasteiger partial charge in [-0.05, 0) is 60.9 Å². The Bertz CT molecular complexity index is 1630. The van der Waals surface area contributed by atoms with E-state index >= 15 is 0 Å². The minimum Gasteiger partial charge on any atom is -0.507 e. The van der Waals surface area contributed by atoms with Gasteiger partial charge in [0.1, 0.15) is 11.6 Å². The van der Waals surface area contributed by atoms with Crippen LogP contribution < -0.4 is 14.4 Å². The maximum atomic E-state index is 13.6. The molecule has 2 aromatic heterocycles. The molecule has 1 atom stereocenters. The van der Waals surface area contributed by atoms with Crippen LogP contribution in [-0.2, 0) is 15.3 Å². The molecule has 2 aromatic carbocycles. The van der Waals surface area contributed by atoms with E-state index in [2.05, 4.69) is 22.1 Å². The van der Waals surface area contributed by atoms with Crippen LogP contribution in [0.4, 0.5) is 9.52 Å². The van der Waals surface area contributed by atoms with Crippen LogP contribution >= 0.6 is 23.1 Å². The Labute approximate surface area is 256 Å². The number of ether oxygens (including phenoxy) is 2. The smallest absolute Gasteiger partial charge is 0.301 e. The molecule has 1 amide bonds. The predicted molar refractivity (Wildman–Crippen MR) is 163 cm³/mol. The molecule has 4 aromatic rings. The Kier molecular flexibility index (Phi) is 9.68. The largest absolute Gasteiger partial charge is 0.507 e. The van der Waals surface area contributed by atoms with Gasteiger partial charge in [-0.15, -0.1) is 10.2 Å². The Morgan fingerprint density at radius 1 is 1.02 bits per heavy atom. The molecule has 0 bridgehead atoms. The van der Waals surface area contributed by atoms with Crippen molar-refractivity contribution >= 4 is 45.7 Å². The molecule has 1 N–H and O–H groups in total. The summed E-state index contributed by atoms with van der Waals surface area (Å²) in [5, 5.41) is 20.0. The maximum Gasteiger partial charge on any atom is 0.301 e. The number of Topliss-reactive ketones (excluding diaryl/α,β-unsaturated/α-hetero) is 1. The zero-order chi connectivity index (χ0) is 30.3. The highest BCUT2D eigenvalue weighted by Gasteiger charge is 2.48. The highest BCUT2D eigenvalue weighted by Crippen LogP contribution is 2.45. The molecule has 1 fully saturated rings. The van der Waals surface area contributed by atoms with E-state index in [1.54, 1.807) is 42.5 Å². The number of carbonyl (C=O) groups excluding carboxylic acids is 2. The molecule has 12 heteroatoms. The van der Waals surface area contributed by atoms with E-state index in [0.29, 0.717) is 45.9 Å². The number of unbranched alkanes of at least 4 members (excludes halogenated alkanes) is 1. The number of benzene rings is 2. The summed E-state index contributed by atoms with van der Waals surface area (Å²) >= 11 is 2.52. The van der Waals surface area contributed by atoms with E-state index in [1.165, 1.54) is 41.2 Å². The monoisotopic (exact) mass is 620 g/mol. The summed E-state index contributed by atoms with van der Waals surface area (Å²) in [6.07, 6.45) is 4.83. The number of halogens is 1. The molecule has 3 heterocycles. The van der Waals surface area contributed by atoms with Crippen molar-refractivity contribution in [2.45, 2.75) is 42.8 Å². The van der Waals surface area contributed by atoms with E-state index in [4.69, 9.17) is 9.47 Å². The first-order valence-electron chi connectivity index (χ1n) is 13.7. The van der Waals surface area contributed by atoms with E-state index in [0.717, 1.165) is 29.7 Å². The number of rotatable bonds is 12. The normalized spacial score (nSPS) is 16.1. The molecule has 1 aliphatic heterocycles. The van der Waals surface area contributed by atoms with Crippen LogP contribution in [0.1, 0.15) is 49.4 Å². The first-order valence-corrected chi connectivity index (χ1v) is 15.5. The van der Waals surface area contributed by atoms with Crippen molar-refractivity contribution in [3.05, 3.63) is 95.1 Å². The molecular weight excluding hydrogens is 591 g/mol. The lowest BCUT2D eigenvalue weighted by Crippen LogP contribution is -2.29. The average molecular weight is 621 g/mol. The number of pyridine rings is 1. The van der Waals surface area contributed by atoms with Crippen molar-refractivity contribution in [2.75, 3.05) is 18.1 Å². The average Bonchev–Trinajstić information content (AvgIpc) is 3.59. The Balaban J connectivity index is 1.55. The highest BCUT2D eigenvalue weighted by molar-refractivity contribution is 8.00. The highest BCUT2D eigenvalue weighted by atomic mass is 32.2. The summed E-state index contributed by atoms with van der Waals surface area (Å²) < 4.78 is 25.7. The van der Waals surface area contributed by atoms with Gasteiger partial charge < -0.3 is 14.6 Å². The number of anilines is 1. The molecule has 9 nitrogen and oxygen atoms in total. The second-order valence-electron chi connectivity index (χ2n) is 9.51. The van der Waals surface area contributed by atoms with Crippen molar-refractivity contribution in [3.63, 3.8) is 0 Å². The van der Waals surface area contributed by atoms with E-state index in [1.807, 2.05) is 6.92 Å². The number of hydrogen-bond donors (Lipinski definition) is 1. The molecule has 0 spiro atoms. The number of aliphatic hydroxyl groups is 1. The molecule has 5 rings (SSSR count). The topological polar surface area (TPSA) is 115 Å². The van der Waals surface area contributed by atoms with Gasteiger partial charge in [0.2, 0.25) is 5.13 Å². The molecule has 0 aliphatic carbocycles. The van der Waals surface area contributed by atoms with Crippen molar-refractivity contribution in [2.24, 2.45) is 0 Å². The second kappa shape index (κ2) is 13.8. The Morgan fingerprint density at radius 3 is 2.51 bits per heavy atom. The zero-order valence-electron chi connectivity index (χ0n) is 23.5. The number of aromatic nitrogens is 3. The van der Waals surface area contributed by atoms with Crippen LogP contribution in [0.15, 0.2) is 76.9 Å². The third kappa shape index (κ3) is 6.70. The van der Waals surface area contributed by atoms with Crippen LogP contribution in [0.5, 0.6) is 11.5 Å². The van der Waals surface area contributed by atoms with E-state index in [9.17, 15) is 19.1 Å². The SMILES string of the molecule is CCCCOc1ccc(C2/C(=C(\O)c3ccncc3)C(=O)C(=O)N2c2nnc(SCc3ccc(F)cc3)s2)cc1OCC. The number of aliphatic hydroxyl groups excluding tert-OH is 1. The minimum absolute atomic E-state index is 0.0889. The standard InChI is InChI=1S/C31H29FN4O5S2/c1-3-5-16-41-23-11-8-21(17-24(23)40-4-2)26-25(27(37)20-12-14-33-15-13-20)28(38)29(39)36(26)30-34-35-31(43-30)42-18-19-6-9-22(32)10-7-19/h6-15,17,26,37H,3-5,16,18H2,1-2H3/b27-25+. The number of thioether (sulfide) groups is 1. The molecule has 0 radical (unpaired) electrons. The van der Waals surface area contributed by atoms with Gasteiger partial charge in [-0.1, -0.05) is 54.6 Å². The summed E-state index contributed by atoms with van der Waals surface area (Å²) in [4.78, 5) is 32.3. The number of ketones is 1. The van der Waals surface area contributed by atoms with Crippen LogP contribution in [-0.4, -0.2) is 45.2 Å². The number of nitrogens with zero attached hydrogens (tertiary/aromatic N) is 4. The van der Waals surface area contributed by atoms with Crippen molar-refractivity contribution in [1.82, 2.24) is 15.2 Å². The quantitative estimate of drug-likeness (QED) is 0.0469. The molecule has 43 heavy (non-hydrogen) atoms. The number of amides is 1. The Hall–Kier alpha value is -4.29. The first kappa shape index (κ1) is 30.2. The van der Waals surface area contributed by atoms with Gasteiger partial charge >= 0.3 is 5.91 Å². The van der Waals surface area contributed by atoms with Gasteiger partial charge in [-0.25, -0.2) is 4.39 Å². The van der Waals surface area contributed by atoms with Gasteiger partial charge in [0.15, 0.2) is 15.8 Å². The van der Waals surface area contributed by atoms with E-state index < -0.39 is 17.7 Å². The van der Waals surface area contributed by atoms with Crippen LogP contribution in [0.25, 0.3) is 5.76 Å². The summed E-state index contributed by atoms with van der Waals surface area (Å²) in [5.74, 6) is -0.827. The zero-order valence-corrected chi connectivity index (χ0v) is 25.2. The fourth-order valence-corrected chi connectivity index (χ4v) is 6.33. The van der Waals surface area contributed by atoms with Gasteiger partial charge in [0.05, 0.1) is 24.8 Å². The third-order valence-electron chi connectivity index (χ3n) is 6.61. The van der Waals surface area contributed by atoms with Gasteiger partial charge in [-0.3, -0.25) is 19.5 Å². The summed E-state index contributed by atoms with van der Waals surface area (Å²) in [6.45, 7) is 4.81. The second-order valence-corrected chi connectivity index (χ2v) is 11.7. The Morgan fingerprint density at radius 2 is 1.79 bits per heavy atom. The molecule has 1 saturated heterocycles. The number of hydrogen-bond acceptors (Lipinski definition) is 10. The number of carbonyl (C=O) groups is 2. The lowest BCUT2D eigenvalue weighted by molar-refractivity contribution is -0.132. The van der Waals surface area contributed by atoms with Gasteiger partial charge in [0, 0.05) is 23.7 Å². The third-order valence-corrected chi connectivity index (χ3v) is 8.74. The summed E-state index contributed by atoms with van der Waals surface area (Å²) in [6, 6.07) is 13.5. The summed E-state index contributed by atoms with van der Waals surface area (Å²) in [5.41, 5.74) is 1.67. The fraction of sp³-hybridized carbons (Fsp3) is 0.258. The van der Waals surface area contributed by atoms with Gasteiger partial charge in [-0.2, -0.15) is 0 Å². The van der Waals surface area contributed by atoms with Gasteiger partial charge in [0.25, 0.3) is 5.78 Å². The molecule has 222 valence electrons. The fourth-order valence-electron chi connectivity index (χ4n) is 4.50. The van der Waals surface area contributed by atoms with Crippen LogP contribution in [0.2, 0.25) is 0 Å². The predicted octanol–water partition coefficient (Wildman–Crippen LogP) is 6.57. The lowest BCUT2D eigenvalue weighted by atomic mass is 9.95. The van der Waals surface area contributed by atoms with Crippen LogP contribution in [0, 0.1) is 5.82 Å². The minimum atomic E-state index is -1.01. The molecule has 0 saturated carbocycles. The molecule has 1 aliphatic rings. The van der Waals surface area contributed by atoms with Crippen LogP contribution in [0.3, 0.4) is 0 Å². The first-order chi connectivity index (χ1) is 20.9. The lowest BCUT2D eigenvalue weighted by Gasteiger charge is -2.23. The summed E-state index contributed by atoms with van der Waals surface area (Å²) in [7, 11) is 0. The van der Waals surface area contributed by atoms with Crippen molar-refractivity contribution in [1.29, 1.82) is 0 Å². The molecular formula is C31H29FN4O5S2. The van der Waals surface area contributed by atoms with Crippen molar-refractivity contribution in [3.8, 4) is 11.5 Å². The van der Waals surface area contributed by atoms with E-state index in [-0.39, 0.29) is 22.3 Å². The maximum absolute atomic E-state index is 13.6.